The number of aromatic nitrogens is 4. The summed E-state index contributed by atoms with van der Waals surface area (Å²) in [5.74, 6) is -3.51. The average Bonchev–Trinajstić information content (AvgIpc) is 3.27. The topological polar surface area (TPSA) is 82.3 Å². The lowest BCUT2D eigenvalue weighted by Gasteiger charge is -2.30. The highest BCUT2D eigenvalue weighted by Gasteiger charge is 2.39. The summed E-state index contributed by atoms with van der Waals surface area (Å²) in [6.45, 7) is -0.321. The molecule has 3 aromatic heterocycles. The lowest BCUT2D eigenvalue weighted by Crippen LogP contribution is -2.31. The number of halogens is 6. The van der Waals surface area contributed by atoms with E-state index in [0.717, 1.165) is 18.3 Å². The summed E-state index contributed by atoms with van der Waals surface area (Å²) >= 11 is 6.52. The van der Waals surface area contributed by atoms with Gasteiger partial charge in [-0.15, -0.1) is 0 Å². The summed E-state index contributed by atoms with van der Waals surface area (Å²) in [7, 11) is 2.87. The van der Waals surface area contributed by atoms with Crippen LogP contribution in [0, 0.1) is 0 Å². The van der Waals surface area contributed by atoms with Crippen molar-refractivity contribution < 1.29 is 36.5 Å². The van der Waals surface area contributed by atoms with Crippen molar-refractivity contribution in [2.45, 2.75) is 24.6 Å². The summed E-state index contributed by atoms with van der Waals surface area (Å²) in [5, 5.41) is 12.1. The van der Waals surface area contributed by atoms with Crippen molar-refractivity contribution in [3.8, 4) is 11.6 Å². The van der Waals surface area contributed by atoms with Crippen molar-refractivity contribution in [3.05, 3.63) is 76.6 Å². The second-order valence-corrected chi connectivity index (χ2v) is 8.76. The number of alkyl halides is 5. The normalized spacial score (nSPS) is 14.0. The van der Waals surface area contributed by atoms with E-state index in [1.165, 1.54) is 42.4 Å². The molecular weight excluding hydrogens is 523 g/mol. The molecule has 0 bridgehead atoms. The monoisotopic (exact) mass is 542 g/mol. The van der Waals surface area contributed by atoms with Crippen LogP contribution >= 0.6 is 11.6 Å². The highest BCUT2D eigenvalue weighted by molar-refractivity contribution is 6.37. The number of pyridine rings is 2. The van der Waals surface area contributed by atoms with Gasteiger partial charge in [0.2, 0.25) is 5.75 Å². The number of aryl methyl sites for hydroxylation is 1. The molecule has 1 unspecified atom stereocenters. The minimum Gasteiger partial charge on any atom is -0.480 e. The van der Waals surface area contributed by atoms with Gasteiger partial charge in [0.05, 0.1) is 35.9 Å². The van der Waals surface area contributed by atoms with E-state index in [4.69, 9.17) is 21.1 Å². The van der Waals surface area contributed by atoms with Crippen molar-refractivity contribution >= 4 is 22.5 Å². The van der Waals surface area contributed by atoms with Crippen LogP contribution in [0.25, 0.3) is 10.9 Å². The Hall–Kier alpha value is -3.51. The largest absolute Gasteiger partial charge is 0.480 e. The van der Waals surface area contributed by atoms with E-state index in [-0.39, 0.29) is 38.9 Å². The van der Waals surface area contributed by atoms with Gasteiger partial charge in [0.1, 0.15) is 5.69 Å². The molecule has 196 valence electrons. The maximum atomic E-state index is 13.4. The van der Waals surface area contributed by atoms with E-state index in [1.54, 1.807) is 7.05 Å². The van der Waals surface area contributed by atoms with E-state index in [1.807, 2.05) is 0 Å². The molecule has 0 spiro atoms. The molecule has 1 atom stereocenters. The van der Waals surface area contributed by atoms with E-state index >= 15 is 0 Å². The van der Waals surface area contributed by atoms with Crippen molar-refractivity contribution in [2.24, 2.45) is 7.05 Å². The van der Waals surface area contributed by atoms with E-state index in [0.29, 0.717) is 12.4 Å². The van der Waals surface area contributed by atoms with Crippen LogP contribution in [0.2, 0.25) is 5.02 Å². The van der Waals surface area contributed by atoms with Crippen LogP contribution in [-0.4, -0.2) is 44.3 Å². The number of hydrogen-bond acceptors (Lipinski definition) is 6. The zero-order valence-corrected chi connectivity index (χ0v) is 20.4. The maximum Gasteiger partial charge on any atom is 0.433 e. The van der Waals surface area contributed by atoms with E-state index < -0.39 is 30.0 Å². The molecule has 1 aromatic carbocycles. The lowest BCUT2D eigenvalue weighted by atomic mass is 9.83. The van der Waals surface area contributed by atoms with Crippen LogP contribution in [0.4, 0.5) is 22.0 Å². The fraction of sp³-hybridized carbons (Fsp3) is 0.292. The molecule has 3 heterocycles. The summed E-state index contributed by atoms with van der Waals surface area (Å²) in [6, 6.07) is 6.30. The molecule has 37 heavy (non-hydrogen) atoms. The Bertz CT molecular complexity index is 1440. The van der Waals surface area contributed by atoms with Crippen molar-refractivity contribution in [1.29, 1.82) is 0 Å². The maximum absolute atomic E-state index is 13.4. The molecular formula is C24H20ClF5N4O3. The molecule has 0 saturated heterocycles. The SMILES string of the molecule is COc1nc2ccc(C(O)(c3ccc(C(F)(F)F)nc3)c3cncn3C)cc2c(Cl)c1OCC(C)(F)F. The predicted octanol–water partition coefficient (Wildman–Crippen LogP) is 5.36. The molecule has 0 fully saturated rings. The van der Waals surface area contributed by atoms with Crippen LogP contribution in [0.5, 0.6) is 11.6 Å². The van der Waals surface area contributed by atoms with Crippen LogP contribution in [0.15, 0.2) is 49.1 Å². The molecule has 0 aliphatic rings. The third-order valence-corrected chi connectivity index (χ3v) is 5.96. The van der Waals surface area contributed by atoms with Gasteiger partial charge in [0.25, 0.3) is 11.8 Å². The van der Waals surface area contributed by atoms with Gasteiger partial charge in [-0.1, -0.05) is 23.7 Å². The van der Waals surface area contributed by atoms with E-state index in [9.17, 15) is 27.1 Å². The number of aliphatic hydroxyl groups is 1. The number of imidazole rings is 1. The van der Waals surface area contributed by atoms with Crippen molar-refractivity contribution in [3.63, 3.8) is 0 Å². The number of fused-ring (bicyclic) bond motifs is 1. The molecule has 0 aliphatic heterocycles. The number of ether oxygens (including phenoxy) is 2. The quantitative estimate of drug-likeness (QED) is 0.317. The minimum atomic E-state index is -4.67. The Kier molecular flexibility index (Phi) is 6.76. The summed E-state index contributed by atoms with van der Waals surface area (Å²) in [4.78, 5) is 11.8. The molecule has 7 nitrogen and oxygen atoms in total. The molecule has 13 heteroatoms. The number of rotatable bonds is 7. The lowest BCUT2D eigenvalue weighted by molar-refractivity contribution is -0.141. The van der Waals surface area contributed by atoms with Crippen LogP contribution in [-0.2, 0) is 18.8 Å². The highest BCUT2D eigenvalue weighted by Crippen LogP contribution is 2.43. The van der Waals surface area contributed by atoms with Gasteiger partial charge in [0.15, 0.2) is 12.2 Å². The fourth-order valence-corrected chi connectivity index (χ4v) is 4.10. The first-order valence-corrected chi connectivity index (χ1v) is 11.0. The minimum absolute atomic E-state index is 0.0168. The van der Waals surface area contributed by atoms with Gasteiger partial charge in [0, 0.05) is 31.1 Å². The van der Waals surface area contributed by atoms with Crippen LogP contribution in [0.3, 0.4) is 0 Å². The van der Waals surface area contributed by atoms with Gasteiger partial charge in [-0.3, -0.25) is 4.98 Å². The number of methoxy groups -OCH3 is 1. The summed E-state index contributed by atoms with van der Waals surface area (Å²) in [5.41, 5.74) is -2.46. The Morgan fingerprint density at radius 3 is 2.30 bits per heavy atom. The first kappa shape index (κ1) is 26.6. The van der Waals surface area contributed by atoms with E-state index in [2.05, 4.69) is 15.0 Å². The highest BCUT2D eigenvalue weighted by atomic mass is 35.5. The van der Waals surface area contributed by atoms with Crippen molar-refractivity contribution in [2.75, 3.05) is 13.7 Å². The number of hydrogen-bond donors (Lipinski definition) is 1. The van der Waals surface area contributed by atoms with Gasteiger partial charge >= 0.3 is 6.18 Å². The Morgan fingerprint density at radius 2 is 1.76 bits per heavy atom. The fourth-order valence-electron chi connectivity index (χ4n) is 3.82. The summed E-state index contributed by atoms with van der Waals surface area (Å²) < 4.78 is 78.1. The Balaban J connectivity index is 1.92. The molecule has 4 rings (SSSR count). The smallest absolute Gasteiger partial charge is 0.433 e. The third-order valence-electron chi connectivity index (χ3n) is 5.59. The zero-order chi connectivity index (χ0) is 27.2. The molecule has 0 saturated carbocycles. The van der Waals surface area contributed by atoms with Crippen LogP contribution < -0.4 is 9.47 Å². The van der Waals surface area contributed by atoms with Gasteiger partial charge in [-0.25, -0.2) is 18.7 Å². The predicted molar refractivity (Wildman–Crippen MR) is 124 cm³/mol. The summed E-state index contributed by atoms with van der Waals surface area (Å²) in [6.07, 6.45) is -0.982. The first-order chi connectivity index (χ1) is 17.3. The average molecular weight is 543 g/mol. The third kappa shape index (κ3) is 5.03. The Labute approximate surface area is 212 Å². The molecule has 0 radical (unpaired) electrons. The second kappa shape index (κ2) is 9.42. The standard InChI is InChI=1S/C24H20ClF5N4O3/c1-22(26,27)11-37-20-19(25)15-8-13(4-6-16(15)33-21(20)36-3)23(35,18-10-31-12-34(18)2)14-5-7-17(32-9-14)24(28,29)30/h4-10,12,35H,11H2,1-3H3. The van der Waals surface area contributed by atoms with Crippen molar-refractivity contribution in [1.82, 2.24) is 19.5 Å². The number of benzene rings is 1. The van der Waals surface area contributed by atoms with Gasteiger partial charge in [-0.2, -0.15) is 13.2 Å². The Morgan fingerprint density at radius 1 is 1.05 bits per heavy atom. The number of nitrogens with zero attached hydrogens (tertiary/aromatic N) is 4. The zero-order valence-electron chi connectivity index (χ0n) is 19.6. The second-order valence-electron chi connectivity index (χ2n) is 8.39. The van der Waals surface area contributed by atoms with Crippen LogP contribution in [0.1, 0.15) is 29.4 Å². The van der Waals surface area contributed by atoms with Gasteiger partial charge < -0.3 is 19.1 Å². The molecule has 0 aliphatic carbocycles. The first-order valence-electron chi connectivity index (χ1n) is 10.7. The van der Waals surface area contributed by atoms with Gasteiger partial charge in [-0.05, 0) is 23.8 Å². The molecule has 0 amide bonds. The molecule has 1 N–H and O–H groups in total. The molecule has 4 aromatic rings.